The van der Waals surface area contributed by atoms with Crippen LogP contribution in [0.4, 0.5) is 8.78 Å². The zero-order valence-corrected chi connectivity index (χ0v) is 14.8. The summed E-state index contributed by atoms with van der Waals surface area (Å²) in [5, 5.41) is 0.804. The van der Waals surface area contributed by atoms with E-state index in [1.807, 2.05) is 0 Å². The van der Waals surface area contributed by atoms with Crippen molar-refractivity contribution in [2.75, 3.05) is 7.05 Å². The first-order valence-corrected chi connectivity index (χ1v) is 8.20. The van der Waals surface area contributed by atoms with Gasteiger partial charge in [0.15, 0.2) is 11.6 Å². The molecule has 3 rings (SSSR count). The third-order valence-corrected chi connectivity index (χ3v) is 4.67. The molecule has 1 unspecified atom stereocenters. The highest BCUT2D eigenvalue weighted by Gasteiger charge is 2.22. The van der Waals surface area contributed by atoms with Gasteiger partial charge in [-0.1, -0.05) is 11.6 Å². The molecule has 0 saturated carbocycles. The molecule has 2 aromatic carbocycles. The van der Waals surface area contributed by atoms with Crippen LogP contribution in [0.3, 0.4) is 0 Å². The molecule has 0 saturated heterocycles. The molecule has 1 amide bonds. The second kappa shape index (κ2) is 6.88. The van der Waals surface area contributed by atoms with Gasteiger partial charge in [0.2, 0.25) is 0 Å². The fraction of sp³-hybridized carbons (Fsp3) is 0.158. The summed E-state index contributed by atoms with van der Waals surface area (Å²) >= 11 is 5.84. The summed E-state index contributed by atoms with van der Waals surface area (Å²) < 4.78 is 27.2. The Labute approximate surface area is 153 Å². The lowest BCUT2D eigenvalue weighted by Crippen LogP contribution is -2.30. The highest BCUT2D eigenvalue weighted by atomic mass is 35.5. The molecule has 0 radical (unpaired) electrons. The third kappa shape index (κ3) is 3.20. The maximum Gasteiger partial charge on any atom is 0.255 e. The molecule has 0 bridgehead atoms. The van der Waals surface area contributed by atoms with Gasteiger partial charge in [-0.2, -0.15) is 0 Å². The van der Waals surface area contributed by atoms with Crippen molar-refractivity contribution in [1.29, 1.82) is 0 Å². The lowest BCUT2D eigenvalue weighted by Gasteiger charge is -2.26. The normalized spacial score (nSPS) is 12.2. The maximum absolute atomic E-state index is 13.7. The van der Waals surface area contributed by atoms with E-state index in [1.54, 1.807) is 38.2 Å². The van der Waals surface area contributed by atoms with Crippen LogP contribution in [-0.2, 0) is 0 Å². The number of carbonyl (C=O) groups excluding carboxylic acids is 1. The molecule has 1 aromatic heterocycles. The number of fused-ring (bicyclic) bond motifs is 1. The summed E-state index contributed by atoms with van der Waals surface area (Å²) in [6.45, 7) is 1.74. The van der Waals surface area contributed by atoms with Crippen molar-refractivity contribution >= 4 is 28.3 Å². The van der Waals surface area contributed by atoms with Crippen LogP contribution >= 0.6 is 11.6 Å². The van der Waals surface area contributed by atoms with Gasteiger partial charge in [-0.05, 0) is 54.3 Å². The Morgan fingerprint density at radius 1 is 1.12 bits per heavy atom. The fourth-order valence-electron chi connectivity index (χ4n) is 2.80. The van der Waals surface area contributed by atoms with Gasteiger partial charge >= 0.3 is 0 Å². The van der Waals surface area contributed by atoms with Crippen molar-refractivity contribution in [2.45, 2.75) is 13.0 Å². The Bertz CT molecular complexity index is 1050. The Kier molecular flexibility index (Phi) is 4.78. The van der Waals surface area contributed by atoms with E-state index in [2.05, 4.69) is 4.98 Å². The van der Waals surface area contributed by atoms with Crippen molar-refractivity contribution in [3.05, 3.63) is 80.7 Å². The molecule has 26 heavy (non-hydrogen) atoms. The second-order valence-corrected chi connectivity index (χ2v) is 6.42. The highest BCUT2D eigenvalue weighted by molar-refractivity contribution is 6.30. The van der Waals surface area contributed by atoms with Crippen molar-refractivity contribution in [3.63, 3.8) is 0 Å². The van der Waals surface area contributed by atoms with Crippen LogP contribution in [0.1, 0.15) is 28.9 Å². The average molecular weight is 377 g/mol. The quantitative estimate of drug-likeness (QED) is 0.741. The van der Waals surface area contributed by atoms with E-state index in [0.29, 0.717) is 16.1 Å². The van der Waals surface area contributed by atoms with Crippen molar-refractivity contribution < 1.29 is 13.6 Å². The van der Waals surface area contributed by atoms with Gasteiger partial charge in [0.1, 0.15) is 0 Å². The van der Waals surface area contributed by atoms with E-state index in [9.17, 15) is 18.4 Å². The Balaban J connectivity index is 2.04. The first-order valence-electron chi connectivity index (χ1n) is 7.82. The predicted molar refractivity (Wildman–Crippen MR) is 96.4 cm³/mol. The van der Waals surface area contributed by atoms with Crippen LogP contribution in [0.25, 0.3) is 10.8 Å². The standard InChI is InChI=1S/C19H15ClF2N2O2/c1-10(24(2)19(26)11-3-5-12(20)6-4-11)15-9-23-18(25)14-8-17(22)16(21)7-13(14)15/h3-10H,1-2H3,(H,23,25). The summed E-state index contributed by atoms with van der Waals surface area (Å²) in [5.74, 6) is -2.42. The zero-order valence-electron chi connectivity index (χ0n) is 14.0. The molecule has 1 N–H and O–H groups in total. The SMILES string of the molecule is CC(c1c[nH]c(=O)c2cc(F)c(F)cc12)N(C)C(=O)c1ccc(Cl)cc1. The Morgan fingerprint density at radius 3 is 2.31 bits per heavy atom. The maximum atomic E-state index is 13.7. The lowest BCUT2D eigenvalue weighted by atomic mass is 10.0. The van der Waals surface area contributed by atoms with Crippen molar-refractivity contribution in [2.24, 2.45) is 0 Å². The number of nitrogens with zero attached hydrogens (tertiary/aromatic N) is 1. The molecule has 3 aromatic rings. The van der Waals surface area contributed by atoms with E-state index < -0.39 is 23.2 Å². The van der Waals surface area contributed by atoms with E-state index in [-0.39, 0.29) is 16.7 Å². The summed E-state index contributed by atoms with van der Waals surface area (Å²) in [7, 11) is 1.60. The lowest BCUT2D eigenvalue weighted by molar-refractivity contribution is 0.0743. The fourth-order valence-corrected chi connectivity index (χ4v) is 2.92. The van der Waals surface area contributed by atoms with Gasteiger partial charge in [0.05, 0.1) is 11.4 Å². The van der Waals surface area contributed by atoms with Crippen molar-refractivity contribution in [3.8, 4) is 0 Å². The van der Waals surface area contributed by atoms with Crippen LogP contribution in [0.5, 0.6) is 0 Å². The zero-order chi connectivity index (χ0) is 19.0. The third-order valence-electron chi connectivity index (χ3n) is 4.42. The van der Waals surface area contributed by atoms with Crippen LogP contribution in [-0.4, -0.2) is 22.8 Å². The molecule has 0 aliphatic carbocycles. The van der Waals surface area contributed by atoms with Gasteiger partial charge < -0.3 is 9.88 Å². The number of aromatic nitrogens is 1. The molecular weight excluding hydrogens is 362 g/mol. The number of rotatable bonds is 3. The number of pyridine rings is 1. The van der Waals surface area contributed by atoms with E-state index in [1.165, 1.54) is 11.1 Å². The van der Waals surface area contributed by atoms with Gasteiger partial charge in [0.25, 0.3) is 11.5 Å². The molecule has 134 valence electrons. The minimum Gasteiger partial charge on any atom is -0.335 e. The van der Waals surface area contributed by atoms with Crippen LogP contribution in [0.15, 0.2) is 47.4 Å². The second-order valence-electron chi connectivity index (χ2n) is 5.98. The topological polar surface area (TPSA) is 53.2 Å². The molecule has 0 fully saturated rings. The molecule has 0 spiro atoms. The number of halogens is 3. The first kappa shape index (κ1) is 18.1. The minimum absolute atomic E-state index is 0.0283. The smallest absolute Gasteiger partial charge is 0.255 e. The van der Waals surface area contributed by atoms with Gasteiger partial charge in [0, 0.05) is 23.8 Å². The van der Waals surface area contributed by atoms with Crippen LogP contribution in [0.2, 0.25) is 5.02 Å². The van der Waals surface area contributed by atoms with Gasteiger partial charge in [-0.3, -0.25) is 9.59 Å². The summed E-state index contributed by atoms with van der Waals surface area (Å²) in [6, 6.07) is 7.78. The van der Waals surface area contributed by atoms with E-state index in [4.69, 9.17) is 11.6 Å². The Morgan fingerprint density at radius 2 is 1.69 bits per heavy atom. The van der Waals surface area contributed by atoms with E-state index in [0.717, 1.165) is 12.1 Å². The molecule has 4 nitrogen and oxygen atoms in total. The highest BCUT2D eigenvalue weighted by Crippen LogP contribution is 2.27. The minimum atomic E-state index is -1.10. The Hall–Kier alpha value is -2.73. The molecular formula is C19H15ClF2N2O2. The summed E-state index contributed by atoms with van der Waals surface area (Å²) in [4.78, 5) is 28.6. The van der Waals surface area contributed by atoms with Crippen LogP contribution in [0, 0.1) is 11.6 Å². The summed E-state index contributed by atoms with van der Waals surface area (Å²) in [6.07, 6.45) is 1.41. The largest absolute Gasteiger partial charge is 0.335 e. The number of amides is 1. The number of nitrogens with one attached hydrogen (secondary N) is 1. The predicted octanol–water partition coefficient (Wildman–Crippen LogP) is 4.29. The van der Waals surface area contributed by atoms with Crippen LogP contribution < -0.4 is 5.56 Å². The number of hydrogen-bond acceptors (Lipinski definition) is 2. The first-order chi connectivity index (χ1) is 12.3. The van der Waals surface area contributed by atoms with Gasteiger partial charge in [-0.25, -0.2) is 8.78 Å². The molecule has 0 aliphatic rings. The molecule has 7 heteroatoms. The number of benzene rings is 2. The number of hydrogen-bond donors (Lipinski definition) is 1. The van der Waals surface area contributed by atoms with E-state index >= 15 is 0 Å². The molecule has 0 aliphatic heterocycles. The number of H-pyrrole nitrogens is 1. The number of aromatic amines is 1. The van der Waals surface area contributed by atoms with Crippen molar-refractivity contribution in [1.82, 2.24) is 9.88 Å². The number of carbonyl (C=O) groups is 1. The summed E-state index contributed by atoms with van der Waals surface area (Å²) in [5.41, 5.74) is 0.416. The van der Waals surface area contributed by atoms with Gasteiger partial charge in [-0.15, -0.1) is 0 Å². The average Bonchev–Trinajstić information content (AvgIpc) is 2.62. The molecule has 1 heterocycles. The molecule has 1 atom stereocenters. The monoisotopic (exact) mass is 376 g/mol.